The summed E-state index contributed by atoms with van der Waals surface area (Å²) >= 11 is 0. The molecular formula is C16H26F3N7O2S. The fourth-order valence-corrected chi connectivity index (χ4v) is 4.67. The minimum Gasteiger partial charge on any atom is -0.356 e. The van der Waals surface area contributed by atoms with Gasteiger partial charge in [0.25, 0.3) is 0 Å². The second-order valence-corrected chi connectivity index (χ2v) is 9.31. The van der Waals surface area contributed by atoms with Crippen LogP contribution in [-0.4, -0.2) is 71.7 Å². The second-order valence-electron chi connectivity index (χ2n) is 7.38. The van der Waals surface area contributed by atoms with Gasteiger partial charge in [-0.15, -0.1) is 0 Å². The molecule has 1 unspecified atom stereocenters. The van der Waals surface area contributed by atoms with Crippen LogP contribution in [0, 0.1) is 12.8 Å². The van der Waals surface area contributed by atoms with E-state index in [-0.39, 0.29) is 25.0 Å². The smallest absolute Gasteiger partial charge is 0.356 e. The van der Waals surface area contributed by atoms with Crippen molar-refractivity contribution in [3.63, 3.8) is 0 Å². The molecule has 0 amide bonds. The number of aromatic nitrogens is 3. The third kappa shape index (κ3) is 5.00. The maximum absolute atomic E-state index is 12.7. The summed E-state index contributed by atoms with van der Waals surface area (Å²) in [6.07, 6.45) is 2.45. The van der Waals surface area contributed by atoms with Gasteiger partial charge in [-0.05, 0) is 32.1 Å². The van der Waals surface area contributed by atoms with Crippen LogP contribution in [0.3, 0.4) is 0 Å². The van der Waals surface area contributed by atoms with Gasteiger partial charge in [0.2, 0.25) is 0 Å². The van der Waals surface area contributed by atoms with Gasteiger partial charge in [0.15, 0.2) is 5.96 Å². The van der Waals surface area contributed by atoms with Crippen LogP contribution in [0.1, 0.15) is 30.9 Å². The molecule has 2 aliphatic rings. The van der Waals surface area contributed by atoms with E-state index in [4.69, 9.17) is 0 Å². The van der Waals surface area contributed by atoms with Crippen molar-refractivity contribution in [3.05, 3.63) is 11.6 Å². The molecule has 0 bridgehead atoms. The van der Waals surface area contributed by atoms with Gasteiger partial charge in [-0.25, -0.2) is 18.1 Å². The number of aryl methyl sites for hydroxylation is 2. The Morgan fingerprint density at radius 3 is 2.59 bits per heavy atom. The number of guanidine groups is 1. The molecule has 2 N–H and O–H groups in total. The minimum atomic E-state index is -5.24. The van der Waals surface area contributed by atoms with E-state index in [9.17, 15) is 21.6 Å². The molecule has 3 heterocycles. The molecule has 29 heavy (non-hydrogen) atoms. The van der Waals surface area contributed by atoms with Crippen molar-refractivity contribution in [2.24, 2.45) is 10.9 Å². The summed E-state index contributed by atoms with van der Waals surface area (Å²) in [4.78, 5) is 8.59. The Kier molecular flexibility index (Phi) is 6.36. The van der Waals surface area contributed by atoms with Gasteiger partial charge in [-0.1, -0.05) is 0 Å². The number of aliphatic imine (C=N–C) groups is 1. The first-order chi connectivity index (χ1) is 13.6. The highest BCUT2D eigenvalue weighted by molar-refractivity contribution is 7.90. The Balaban J connectivity index is 1.45. The average Bonchev–Trinajstić information content (AvgIpc) is 3.03. The highest BCUT2D eigenvalue weighted by Crippen LogP contribution is 2.30. The van der Waals surface area contributed by atoms with Crippen LogP contribution in [0.15, 0.2) is 4.99 Å². The van der Waals surface area contributed by atoms with Crippen LogP contribution in [0.5, 0.6) is 0 Å². The Labute approximate surface area is 167 Å². The number of piperidine rings is 1. The largest absolute Gasteiger partial charge is 0.511 e. The van der Waals surface area contributed by atoms with Crippen LogP contribution < -0.4 is 10.6 Å². The first-order valence-corrected chi connectivity index (χ1v) is 11.0. The first-order valence-electron chi connectivity index (χ1n) is 9.54. The molecule has 0 saturated carbocycles. The standard InChI is InChI=1S/C16H26F3N7O2S/c1-11-22-14-4-3-13(10-26(14)24-11)23-15(20-2)21-9-12-5-7-25(8-6-12)29(27,28)16(17,18)19/h12-13H,3-10H2,1-2H3,(H2,20,21,23). The molecule has 1 atom stereocenters. The fraction of sp³-hybridized carbons (Fsp3) is 0.812. The lowest BCUT2D eigenvalue weighted by molar-refractivity contribution is -0.0496. The predicted molar refractivity (Wildman–Crippen MR) is 101 cm³/mol. The molecule has 1 saturated heterocycles. The summed E-state index contributed by atoms with van der Waals surface area (Å²) in [5, 5.41) is 10.9. The van der Waals surface area contributed by atoms with E-state index in [2.05, 4.69) is 25.7 Å². The molecule has 1 aromatic rings. The summed E-state index contributed by atoms with van der Waals surface area (Å²) in [6.45, 7) is 2.80. The third-order valence-electron chi connectivity index (χ3n) is 5.29. The summed E-state index contributed by atoms with van der Waals surface area (Å²) in [5.74, 6) is 2.41. The summed E-state index contributed by atoms with van der Waals surface area (Å²) < 4.78 is 63.3. The van der Waals surface area contributed by atoms with E-state index >= 15 is 0 Å². The van der Waals surface area contributed by atoms with Gasteiger partial charge >= 0.3 is 15.5 Å². The third-order valence-corrected chi connectivity index (χ3v) is 6.92. The topological polar surface area (TPSA) is 105 Å². The fourth-order valence-electron chi connectivity index (χ4n) is 3.68. The number of rotatable bonds is 4. The SMILES string of the molecule is CN=C(NCC1CCN(S(=O)(=O)C(F)(F)F)CC1)NC1CCc2nc(C)nn2C1. The molecule has 164 valence electrons. The maximum Gasteiger partial charge on any atom is 0.511 e. The molecule has 0 spiro atoms. The van der Waals surface area contributed by atoms with Gasteiger partial charge in [0, 0.05) is 39.1 Å². The normalized spacial score (nSPS) is 22.4. The summed E-state index contributed by atoms with van der Waals surface area (Å²) in [7, 11) is -3.58. The van der Waals surface area contributed by atoms with E-state index in [0.717, 1.165) is 24.5 Å². The summed E-state index contributed by atoms with van der Waals surface area (Å²) in [6, 6.07) is 0.147. The quantitative estimate of drug-likeness (QED) is 0.529. The lowest BCUT2D eigenvalue weighted by atomic mass is 9.98. The zero-order valence-corrected chi connectivity index (χ0v) is 17.2. The Morgan fingerprint density at radius 1 is 1.28 bits per heavy atom. The van der Waals surface area contributed by atoms with Crippen molar-refractivity contribution < 1.29 is 21.6 Å². The number of halogens is 3. The first kappa shape index (κ1) is 21.8. The zero-order valence-electron chi connectivity index (χ0n) is 16.4. The Morgan fingerprint density at radius 2 is 1.97 bits per heavy atom. The molecule has 0 aliphatic carbocycles. The minimum absolute atomic E-state index is 0.0733. The van der Waals surface area contributed by atoms with Gasteiger partial charge in [0.05, 0.1) is 6.54 Å². The second kappa shape index (κ2) is 8.46. The predicted octanol–water partition coefficient (Wildman–Crippen LogP) is 0.628. The number of nitrogens with one attached hydrogen (secondary N) is 2. The van der Waals surface area contributed by atoms with Gasteiger partial charge in [-0.2, -0.15) is 22.6 Å². The Hall–Kier alpha value is -1.89. The van der Waals surface area contributed by atoms with E-state index in [1.54, 1.807) is 7.05 Å². The molecule has 3 rings (SSSR count). The number of sulfonamides is 1. The monoisotopic (exact) mass is 437 g/mol. The van der Waals surface area contributed by atoms with Crippen molar-refractivity contribution in [1.82, 2.24) is 29.7 Å². The van der Waals surface area contributed by atoms with E-state index < -0.39 is 15.5 Å². The molecule has 0 aromatic carbocycles. The highest BCUT2D eigenvalue weighted by Gasteiger charge is 2.50. The number of nitrogens with zero attached hydrogens (tertiary/aromatic N) is 5. The molecule has 0 radical (unpaired) electrons. The molecular weight excluding hydrogens is 411 g/mol. The van der Waals surface area contributed by atoms with Crippen LogP contribution in [-0.2, 0) is 23.0 Å². The van der Waals surface area contributed by atoms with Crippen LogP contribution in [0.2, 0.25) is 0 Å². The van der Waals surface area contributed by atoms with Crippen molar-refractivity contribution in [2.45, 2.75) is 50.7 Å². The number of alkyl halides is 3. The molecule has 13 heteroatoms. The van der Waals surface area contributed by atoms with Crippen LogP contribution >= 0.6 is 0 Å². The van der Waals surface area contributed by atoms with Crippen molar-refractivity contribution in [1.29, 1.82) is 0 Å². The Bertz CT molecular complexity index is 845. The molecule has 1 aromatic heterocycles. The van der Waals surface area contributed by atoms with Crippen molar-refractivity contribution >= 4 is 16.0 Å². The number of hydrogen-bond donors (Lipinski definition) is 2. The zero-order chi connectivity index (χ0) is 21.2. The van der Waals surface area contributed by atoms with Gasteiger partial charge < -0.3 is 10.6 Å². The number of fused-ring (bicyclic) bond motifs is 1. The molecule has 2 aliphatic heterocycles. The lowest BCUT2D eigenvalue weighted by Crippen LogP contribution is -2.49. The van der Waals surface area contributed by atoms with E-state index in [1.165, 1.54) is 0 Å². The maximum atomic E-state index is 12.7. The van der Waals surface area contributed by atoms with Gasteiger partial charge in [0.1, 0.15) is 11.6 Å². The average molecular weight is 437 g/mol. The van der Waals surface area contributed by atoms with Crippen molar-refractivity contribution in [3.8, 4) is 0 Å². The molecule has 1 fully saturated rings. The van der Waals surface area contributed by atoms with E-state index in [1.807, 2.05) is 11.6 Å². The van der Waals surface area contributed by atoms with Crippen LogP contribution in [0.4, 0.5) is 13.2 Å². The molecule has 9 nitrogen and oxygen atoms in total. The summed E-state index contributed by atoms with van der Waals surface area (Å²) in [5.41, 5.74) is -5.24. The van der Waals surface area contributed by atoms with Crippen LogP contribution in [0.25, 0.3) is 0 Å². The number of hydrogen-bond acceptors (Lipinski definition) is 5. The highest BCUT2D eigenvalue weighted by atomic mass is 32.2. The lowest BCUT2D eigenvalue weighted by Gasteiger charge is -2.32. The van der Waals surface area contributed by atoms with E-state index in [0.29, 0.717) is 36.2 Å². The van der Waals surface area contributed by atoms with Gasteiger partial charge in [-0.3, -0.25) is 4.99 Å². The van der Waals surface area contributed by atoms with Crippen molar-refractivity contribution in [2.75, 3.05) is 26.7 Å².